The average molecular weight is 370 g/mol. The number of halogens is 1. The molecular weight excluding hydrogens is 354 g/mol. The van der Waals surface area contributed by atoms with Crippen molar-refractivity contribution < 1.29 is 9.47 Å². The number of anilines is 3. The van der Waals surface area contributed by atoms with E-state index in [2.05, 4.69) is 25.8 Å². The Morgan fingerprint density at radius 1 is 1.08 bits per heavy atom. The van der Waals surface area contributed by atoms with Crippen molar-refractivity contribution in [1.29, 1.82) is 0 Å². The smallest absolute Gasteiger partial charge is 0.244 e. The van der Waals surface area contributed by atoms with E-state index in [1.165, 1.54) is 0 Å². The highest BCUT2D eigenvalue weighted by Gasteiger charge is 2.13. The molecule has 8 heteroatoms. The molecule has 4 rings (SSSR count). The van der Waals surface area contributed by atoms with Crippen LogP contribution in [0.2, 0.25) is 5.02 Å². The lowest BCUT2D eigenvalue weighted by molar-refractivity contribution is 0.174. The van der Waals surface area contributed by atoms with Crippen LogP contribution in [0, 0.1) is 0 Å². The van der Waals surface area contributed by atoms with Gasteiger partial charge in [-0.3, -0.25) is 0 Å². The molecule has 3 aromatic rings. The van der Waals surface area contributed by atoms with E-state index in [0.29, 0.717) is 24.1 Å². The van der Waals surface area contributed by atoms with E-state index in [-0.39, 0.29) is 6.79 Å². The van der Waals surface area contributed by atoms with Gasteiger partial charge in [-0.25, -0.2) is 0 Å². The molecule has 2 aromatic carbocycles. The van der Waals surface area contributed by atoms with Crippen molar-refractivity contribution in [2.24, 2.45) is 0 Å². The third-order valence-electron chi connectivity index (χ3n) is 3.79. The van der Waals surface area contributed by atoms with E-state index in [1.807, 2.05) is 42.5 Å². The van der Waals surface area contributed by atoms with Crippen LogP contribution in [0.1, 0.15) is 5.56 Å². The SMILES string of the molecule is Clc1cccc(CCNc2nncc(Nc3ccc4c(c3)OCO4)n2)c1. The number of hydrogen-bond acceptors (Lipinski definition) is 7. The van der Waals surface area contributed by atoms with Gasteiger partial charge in [0.2, 0.25) is 12.7 Å². The fraction of sp³-hybridized carbons (Fsp3) is 0.167. The first-order chi connectivity index (χ1) is 12.8. The number of ether oxygens (including phenoxy) is 2. The summed E-state index contributed by atoms with van der Waals surface area (Å²) in [5.41, 5.74) is 1.98. The molecule has 7 nitrogen and oxygen atoms in total. The fourth-order valence-electron chi connectivity index (χ4n) is 2.57. The standard InChI is InChI=1S/C18H16ClN5O2/c19-13-3-1-2-12(8-13)6-7-20-18-23-17(10-21-24-18)22-14-4-5-15-16(9-14)26-11-25-15/h1-5,8-10H,6-7,11H2,(H2,20,22,23,24). The first-order valence-electron chi connectivity index (χ1n) is 8.11. The van der Waals surface area contributed by atoms with Crippen LogP contribution in [0.15, 0.2) is 48.7 Å². The summed E-state index contributed by atoms with van der Waals surface area (Å²) >= 11 is 5.99. The van der Waals surface area contributed by atoms with Crippen LogP contribution in [-0.4, -0.2) is 28.5 Å². The zero-order valence-corrected chi connectivity index (χ0v) is 14.5. The van der Waals surface area contributed by atoms with Crippen molar-refractivity contribution in [2.45, 2.75) is 6.42 Å². The molecule has 0 bridgehead atoms. The van der Waals surface area contributed by atoms with Gasteiger partial charge >= 0.3 is 0 Å². The largest absolute Gasteiger partial charge is 0.454 e. The molecule has 0 unspecified atom stereocenters. The topological polar surface area (TPSA) is 81.2 Å². The lowest BCUT2D eigenvalue weighted by atomic mass is 10.1. The highest BCUT2D eigenvalue weighted by Crippen LogP contribution is 2.34. The predicted octanol–water partition coefficient (Wildman–Crippen LogP) is 3.65. The Kier molecular flexibility index (Phi) is 4.70. The number of aromatic nitrogens is 3. The van der Waals surface area contributed by atoms with Crippen molar-refractivity contribution in [2.75, 3.05) is 24.0 Å². The molecular formula is C18H16ClN5O2. The Morgan fingerprint density at radius 2 is 2.00 bits per heavy atom. The van der Waals surface area contributed by atoms with E-state index in [9.17, 15) is 0 Å². The molecule has 0 radical (unpaired) electrons. The number of rotatable bonds is 6. The fourth-order valence-corrected chi connectivity index (χ4v) is 2.78. The zero-order valence-electron chi connectivity index (χ0n) is 13.8. The van der Waals surface area contributed by atoms with E-state index in [1.54, 1.807) is 6.20 Å². The second-order valence-electron chi connectivity index (χ2n) is 5.66. The number of hydrogen-bond donors (Lipinski definition) is 2. The van der Waals surface area contributed by atoms with Crippen molar-refractivity contribution in [3.63, 3.8) is 0 Å². The number of fused-ring (bicyclic) bond motifs is 1. The van der Waals surface area contributed by atoms with E-state index >= 15 is 0 Å². The Balaban J connectivity index is 1.37. The molecule has 0 amide bonds. The molecule has 0 fully saturated rings. The molecule has 2 heterocycles. The van der Waals surface area contributed by atoms with Gasteiger partial charge in [-0.05, 0) is 36.2 Å². The van der Waals surface area contributed by atoms with Gasteiger partial charge in [0.15, 0.2) is 17.3 Å². The summed E-state index contributed by atoms with van der Waals surface area (Å²) in [5.74, 6) is 2.48. The van der Waals surface area contributed by atoms with Crippen LogP contribution >= 0.6 is 11.6 Å². The van der Waals surface area contributed by atoms with Crippen molar-refractivity contribution >= 4 is 29.1 Å². The molecule has 1 aliphatic heterocycles. The van der Waals surface area contributed by atoms with Gasteiger partial charge in [0.1, 0.15) is 0 Å². The minimum atomic E-state index is 0.245. The number of nitrogens with one attached hydrogen (secondary N) is 2. The van der Waals surface area contributed by atoms with Crippen LogP contribution in [-0.2, 0) is 6.42 Å². The Labute approximate surface area is 155 Å². The van der Waals surface area contributed by atoms with Crippen LogP contribution < -0.4 is 20.1 Å². The van der Waals surface area contributed by atoms with Gasteiger partial charge in [-0.2, -0.15) is 10.1 Å². The number of benzene rings is 2. The monoisotopic (exact) mass is 369 g/mol. The molecule has 0 atom stereocenters. The summed E-state index contributed by atoms with van der Waals surface area (Å²) < 4.78 is 10.7. The minimum Gasteiger partial charge on any atom is -0.454 e. The maximum absolute atomic E-state index is 5.99. The normalized spacial score (nSPS) is 12.0. The first-order valence-corrected chi connectivity index (χ1v) is 8.49. The molecule has 0 aliphatic carbocycles. The highest BCUT2D eigenvalue weighted by atomic mass is 35.5. The second kappa shape index (κ2) is 7.45. The molecule has 26 heavy (non-hydrogen) atoms. The summed E-state index contributed by atoms with van der Waals surface area (Å²) in [6.07, 6.45) is 2.37. The van der Waals surface area contributed by atoms with Crippen molar-refractivity contribution in [3.05, 3.63) is 59.2 Å². The van der Waals surface area contributed by atoms with Gasteiger partial charge in [0.05, 0.1) is 6.20 Å². The summed E-state index contributed by atoms with van der Waals surface area (Å²) in [7, 11) is 0. The molecule has 2 N–H and O–H groups in total. The number of nitrogens with zero attached hydrogens (tertiary/aromatic N) is 3. The zero-order chi connectivity index (χ0) is 17.8. The average Bonchev–Trinajstić information content (AvgIpc) is 3.10. The molecule has 0 saturated heterocycles. The summed E-state index contributed by atoms with van der Waals surface area (Å²) in [4.78, 5) is 4.42. The molecule has 1 aromatic heterocycles. The van der Waals surface area contributed by atoms with Gasteiger partial charge in [-0.15, -0.1) is 5.10 Å². The van der Waals surface area contributed by atoms with Gasteiger partial charge in [-0.1, -0.05) is 23.7 Å². The summed E-state index contributed by atoms with van der Waals surface area (Å²) in [6.45, 7) is 0.921. The van der Waals surface area contributed by atoms with Gasteiger partial charge < -0.3 is 20.1 Å². The molecule has 0 saturated carbocycles. The molecule has 1 aliphatic rings. The third-order valence-corrected chi connectivity index (χ3v) is 4.02. The van der Waals surface area contributed by atoms with E-state index in [4.69, 9.17) is 21.1 Å². The van der Waals surface area contributed by atoms with Gasteiger partial charge in [0, 0.05) is 23.3 Å². The maximum Gasteiger partial charge on any atom is 0.244 e. The quantitative estimate of drug-likeness (QED) is 0.686. The Hall–Kier alpha value is -3.06. The highest BCUT2D eigenvalue weighted by molar-refractivity contribution is 6.30. The van der Waals surface area contributed by atoms with Gasteiger partial charge in [0.25, 0.3) is 0 Å². The lowest BCUT2D eigenvalue weighted by Gasteiger charge is -2.08. The lowest BCUT2D eigenvalue weighted by Crippen LogP contribution is -2.09. The van der Waals surface area contributed by atoms with Crippen molar-refractivity contribution in [3.8, 4) is 11.5 Å². The van der Waals surface area contributed by atoms with E-state index in [0.717, 1.165) is 28.4 Å². The van der Waals surface area contributed by atoms with Crippen LogP contribution in [0.5, 0.6) is 11.5 Å². The third kappa shape index (κ3) is 3.94. The Morgan fingerprint density at radius 3 is 2.92 bits per heavy atom. The predicted molar refractivity (Wildman–Crippen MR) is 99.3 cm³/mol. The van der Waals surface area contributed by atoms with Crippen LogP contribution in [0.25, 0.3) is 0 Å². The Bertz CT molecular complexity index is 922. The molecule has 132 valence electrons. The second-order valence-corrected chi connectivity index (χ2v) is 6.10. The summed E-state index contributed by atoms with van der Waals surface area (Å²) in [6, 6.07) is 13.4. The van der Waals surface area contributed by atoms with Crippen molar-refractivity contribution in [1.82, 2.24) is 15.2 Å². The summed E-state index contributed by atoms with van der Waals surface area (Å²) in [5, 5.41) is 15.1. The first kappa shape index (κ1) is 16.4. The van der Waals surface area contributed by atoms with E-state index < -0.39 is 0 Å². The van der Waals surface area contributed by atoms with Crippen LogP contribution in [0.3, 0.4) is 0 Å². The molecule has 0 spiro atoms. The minimum absolute atomic E-state index is 0.245. The maximum atomic E-state index is 5.99. The van der Waals surface area contributed by atoms with Crippen LogP contribution in [0.4, 0.5) is 17.5 Å².